The third-order valence-electron chi connectivity index (χ3n) is 4.38. The number of aliphatic carboxylic acids is 1. The van der Waals surface area contributed by atoms with Crippen LogP contribution >= 0.6 is 11.6 Å². The molecule has 0 aliphatic heterocycles. The molecule has 2 aromatic carbocycles. The minimum Gasteiger partial charge on any atom is -0.480 e. The summed E-state index contributed by atoms with van der Waals surface area (Å²) in [6.45, 7) is 0. The summed E-state index contributed by atoms with van der Waals surface area (Å²) in [5.41, 5.74) is 0.0581. The summed E-state index contributed by atoms with van der Waals surface area (Å²) in [4.78, 5) is 35.0. The first kappa shape index (κ1) is 20.2. The zero-order valence-corrected chi connectivity index (χ0v) is 15.5. The first-order valence-corrected chi connectivity index (χ1v) is 8.78. The van der Waals surface area contributed by atoms with Gasteiger partial charge in [-0.15, -0.1) is 0 Å². The number of aromatic nitrogens is 1. The van der Waals surface area contributed by atoms with Crippen LogP contribution < -0.4 is 5.56 Å². The maximum absolute atomic E-state index is 13.1. The third kappa shape index (κ3) is 4.49. The molecule has 1 N–H and O–H groups in total. The molecule has 0 aliphatic rings. The molecule has 0 aliphatic carbocycles. The number of nitro benzene ring substituents is 1. The van der Waals surface area contributed by atoms with Crippen LogP contribution in [0.1, 0.15) is 11.6 Å². The van der Waals surface area contributed by atoms with E-state index in [0.717, 1.165) is 10.6 Å². The highest BCUT2D eigenvalue weighted by Crippen LogP contribution is 2.31. The number of hydrogen-bond acceptors (Lipinski definition) is 4. The van der Waals surface area contributed by atoms with Gasteiger partial charge in [-0.3, -0.25) is 14.9 Å². The SMILES string of the molecule is O=C(O)C(Cc1ccc(F)cc1)n1ccc(-c2cc(Cl)ccc2[N+](=O)[O-])cc1=O. The van der Waals surface area contributed by atoms with E-state index in [2.05, 4.69) is 0 Å². The Kier molecular flexibility index (Phi) is 5.74. The lowest BCUT2D eigenvalue weighted by atomic mass is 10.0. The molecular weight excluding hydrogens is 403 g/mol. The van der Waals surface area contributed by atoms with E-state index < -0.39 is 28.3 Å². The highest BCUT2D eigenvalue weighted by Gasteiger charge is 2.23. The summed E-state index contributed by atoms with van der Waals surface area (Å²) in [5, 5.41) is 21.1. The lowest BCUT2D eigenvalue weighted by Crippen LogP contribution is -2.30. The normalized spacial score (nSPS) is 11.8. The molecule has 0 saturated carbocycles. The van der Waals surface area contributed by atoms with Crippen LogP contribution in [0.25, 0.3) is 11.1 Å². The van der Waals surface area contributed by atoms with E-state index in [1.807, 2.05) is 0 Å². The Balaban J connectivity index is 2.01. The van der Waals surface area contributed by atoms with Crippen LogP contribution in [0.2, 0.25) is 5.02 Å². The molecule has 3 aromatic rings. The standard InChI is InChI=1S/C20H14ClFN2O5/c21-14-3-6-17(24(28)29)16(11-14)13-7-8-23(19(25)10-13)18(20(26)27)9-12-1-4-15(22)5-2-12/h1-8,10-11,18H,9H2,(H,26,27). The molecule has 7 nitrogen and oxygen atoms in total. The quantitative estimate of drug-likeness (QED) is 0.481. The van der Waals surface area contributed by atoms with Crippen molar-refractivity contribution in [3.8, 4) is 11.1 Å². The van der Waals surface area contributed by atoms with Gasteiger partial charge in [-0.1, -0.05) is 23.7 Å². The summed E-state index contributed by atoms with van der Waals surface area (Å²) >= 11 is 5.93. The summed E-state index contributed by atoms with van der Waals surface area (Å²) in [5.74, 6) is -1.69. The van der Waals surface area contributed by atoms with Crippen LogP contribution in [0.15, 0.2) is 65.6 Å². The first-order valence-electron chi connectivity index (χ1n) is 8.40. The number of nitro groups is 1. The summed E-state index contributed by atoms with van der Waals surface area (Å²) < 4.78 is 14.1. The van der Waals surface area contributed by atoms with Gasteiger partial charge in [-0.25, -0.2) is 9.18 Å². The average molecular weight is 417 g/mol. The molecule has 1 unspecified atom stereocenters. The summed E-state index contributed by atoms with van der Waals surface area (Å²) in [7, 11) is 0. The Labute approximate surface area is 168 Å². The maximum atomic E-state index is 13.1. The lowest BCUT2D eigenvalue weighted by Gasteiger charge is -2.16. The van der Waals surface area contributed by atoms with E-state index in [-0.39, 0.29) is 28.3 Å². The van der Waals surface area contributed by atoms with Crippen molar-refractivity contribution < 1.29 is 19.2 Å². The minimum atomic E-state index is -1.24. The highest BCUT2D eigenvalue weighted by molar-refractivity contribution is 6.31. The predicted molar refractivity (Wildman–Crippen MR) is 105 cm³/mol. The molecule has 0 spiro atoms. The fourth-order valence-corrected chi connectivity index (χ4v) is 3.13. The van der Waals surface area contributed by atoms with Crippen LogP contribution in [0.4, 0.5) is 10.1 Å². The molecule has 0 amide bonds. The second kappa shape index (κ2) is 8.24. The van der Waals surface area contributed by atoms with Crippen molar-refractivity contribution in [2.75, 3.05) is 0 Å². The van der Waals surface area contributed by atoms with E-state index in [1.165, 1.54) is 54.7 Å². The fraction of sp³-hybridized carbons (Fsp3) is 0.100. The molecule has 29 heavy (non-hydrogen) atoms. The number of benzene rings is 2. The molecule has 0 saturated heterocycles. The van der Waals surface area contributed by atoms with Crippen molar-refractivity contribution in [2.24, 2.45) is 0 Å². The molecule has 0 bridgehead atoms. The van der Waals surface area contributed by atoms with Crippen molar-refractivity contribution in [1.29, 1.82) is 0 Å². The summed E-state index contributed by atoms with van der Waals surface area (Å²) in [6.07, 6.45) is 1.23. The Morgan fingerprint density at radius 2 is 1.86 bits per heavy atom. The van der Waals surface area contributed by atoms with Gasteiger partial charge in [0.15, 0.2) is 0 Å². The number of rotatable bonds is 6. The van der Waals surface area contributed by atoms with Gasteiger partial charge >= 0.3 is 5.97 Å². The van der Waals surface area contributed by atoms with E-state index in [4.69, 9.17) is 11.6 Å². The number of carboxylic acids is 1. The molecule has 1 atom stereocenters. The lowest BCUT2D eigenvalue weighted by molar-refractivity contribution is -0.384. The van der Waals surface area contributed by atoms with Gasteiger partial charge in [-0.05, 0) is 41.5 Å². The Morgan fingerprint density at radius 3 is 2.45 bits per heavy atom. The Hall–Kier alpha value is -3.52. The van der Waals surface area contributed by atoms with Crippen LogP contribution in [-0.2, 0) is 11.2 Å². The number of halogens is 2. The molecule has 148 valence electrons. The highest BCUT2D eigenvalue weighted by atomic mass is 35.5. The first-order chi connectivity index (χ1) is 13.8. The fourth-order valence-electron chi connectivity index (χ4n) is 2.96. The third-order valence-corrected chi connectivity index (χ3v) is 4.61. The van der Waals surface area contributed by atoms with E-state index in [9.17, 15) is 29.2 Å². The number of nitrogens with zero attached hydrogens (tertiary/aromatic N) is 2. The topological polar surface area (TPSA) is 102 Å². The van der Waals surface area contributed by atoms with Crippen LogP contribution in [0.5, 0.6) is 0 Å². The van der Waals surface area contributed by atoms with Crippen molar-refractivity contribution >= 4 is 23.3 Å². The number of carbonyl (C=O) groups is 1. The largest absolute Gasteiger partial charge is 0.480 e. The summed E-state index contributed by atoms with van der Waals surface area (Å²) in [6, 6.07) is 10.6. The maximum Gasteiger partial charge on any atom is 0.327 e. The monoisotopic (exact) mass is 416 g/mol. The second-order valence-electron chi connectivity index (χ2n) is 6.26. The van der Waals surface area contributed by atoms with Crippen molar-refractivity contribution in [3.63, 3.8) is 0 Å². The van der Waals surface area contributed by atoms with Crippen LogP contribution in [-0.4, -0.2) is 20.6 Å². The molecule has 1 aromatic heterocycles. The number of hydrogen-bond donors (Lipinski definition) is 1. The van der Waals surface area contributed by atoms with Crippen molar-refractivity contribution in [3.05, 3.63) is 97.7 Å². The van der Waals surface area contributed by atoms with Gasteiger partial charge in [0.1, 0.15) is 11.9 Å². The molecular formula is C20H14ClFN2O5. The number of carboxylic acid groups (broad SMARTS) is 1. The van der Waals surface area contributed by atoms with Gasteiger partial charge in [0.05, 0.1) is 10.5 Å². The van der Waals surface area contributed by atoms with E-state index >= 15 is 0 Å². The molecule has 0 radical (unpaired) electrons. The zero-order chi connectivity index (χ0) is 21.1. The second-order valence-corrected chi connectivity index (χ2v) is 6.70. The van der Waals surface area contributed by atoms with Gasteiger partial charge in [0, 0.05) is 29.8 Å². The minimum absolute atomic E-state index is 0.0355. The van der Waals surface area contributed by atoms with Gasteiger partial charge in [-0.2, -0.15) is 0 Å². The number of pyridine rings is 1. The van der Waals surface area contributed by atoms with Crippen molar-refractivity contribution in [1.82, 2.24) is 4.57 Å². The molecule has 0 fully saturated rings. The molecule has 9 heteroatoms. The smallest absolute Gasteiger partial charge is 0.327 e. The zero-order valence-electron chi connectivity index (χ0n) is 14.8. The van der Waals surface area contributed by atoms with Crippen LogP contribution in [0, 0.1) is 15.9 Å². The van der Waals surface area contributed by atoms with Crippen molar-refractivity contribution in [2.45, 2.75) is 12.5 Å². The molecule has 1 heterocycles. The van der Waals surface area contributed by atoms with Gasteiger partial charge < -0.3 is 9.67 Å². The van der Waals surface area contributed by atoms with E-state index in [1.54, 1.807) is 0 Å². The van der Waals surface area contributed by atoms with Gasteiger partial charge in [0.25, 0.3) is 11.2 Å². The molecule has 3 rings (SSSR count). The van der Waals surface area contributed by atoms with Gasteiger partial charge in [0.2, 0.25) is 0 Å². The van der Waals surface area contributed by atoms with E-state index in [0.29, 0.717) is 5.56 Å². The Bertz CT molecular complexity index is 1140. The van der Waals surface area contributed by atoms with Crippen LogP contribution in [0.3, 0.4) is 0 Å². The predicted octanol–water partition coefficient (Wildman–Crippen LogP) is 4.08. The average Bonchev–Trinajstić information content (AvgIpc) is 2.67. The Morgan fingerprint density at radius 1 is 1.17 bits per heavy atom.